The third kappa shape index (κ3) is 3.08. The molecule has 10 atom stereocenters. The minimum absolute atomic E-state index is 0.0635. The Bertz CT molecular complexity index is 952. The van der Waals surface area contributed by atoms with Crippen molar-refractivity contribution in [2.75, 3.05) is 7.11 Å². The van der Waals surface area contributed by atoms with Gasteiger partial charge in [0, 0.05) is 24.2 Å². The summed E-state index contributed by atoms with van der Waals surface area (Å²) < 4.78 is 16.4. The van der Waals surface area contributed by atoms with Crippen LogP contribution in [0.5, 0.6) is 0 Å². The summed E-state index contributed by atoms with van der Waals surface area (Å²) in [5.41, 5.74) is -0.115. The van der Waals surface area contributed by atoms with E-state index in [1.54, 1.807) is 6.07 Å². The number of fused-ring (bicyclic) bond motifs is 4. The lowest BCUT2D eigenvalue weighted by Gasteiger charge is -2.69. The second-order valence-corrected chi connectivity index (χ2v) is 11.7. The van der Waals surface area contributed by atoms with E-state index in [0.29, 0.717) is 29.7 Å². The van der Waals surface area contributed by atoms with Gasteiger partial charge in [-0.3, -0.25) is 14.4 Å². The summed E-state index contributed by atoms with van der Waals surface area (Å²) in [4.78, 5) is 39.0. The highest BCUT2D eigenvalue weighted by molar-refractivity contribution is 6.00. The molecule has 2 bridgehead atoms. The molecular weight excluding hydrogens is 420 g/mol. The molecule has 6 unspecified atom stereocenters. The molecule has 6 nitrogen and oxygen atoms in total. The van der Waals surface area contributed by atoms with Gasteiger partial charge in [-0.05, 0) is 66.3 Å². The molecule has 4 fully saturated rings. The lowest BCUT2D eigenvalue weighted by molar-refractivity contribution is -0.250. The number of rotatable bonds is 4. The molecule has 0 radical (unpaired) electrons. The molecule has 180 valence electrons. The van der Waals surface area contributed by atoms with Crippen LogP contribution in [0.4, 0.5) is 0 Å². The van der Waals surface area contributed by atoms with Crippen molar-refractivity contribution in [1.82, 2.24) is 0 Å². The van der Waals surface area contributed by atoms with Crippen LogP contribution in [0, 0.1) is 52.3 Å². The van der Waals surface area contributed by atoms with Gasteiger partial charge in [0.25, 0.3) is 0 Å². The fraction of sp³-hybridized carbons (Fsp3) is 0.741. The minimum Gasteiger partial charge on any atom is -0.472 e. The average molecular weight is 457 g/mol. The van der Waals surface area contributed by atoms with E-state index in [9.17, 15) is 14.4 Å². The van der Waals surface area contributed by atoms with Crippen LogP contribution in [-0.4, -0.2) is 30.9 Å². The van der Waals surface area contributed by atoms with E-state index in [-0.39, 0.29) is 59.3 Å². The standard InChI is InChI=1S/C27H36O6/c1-14-10-17-15(2)27(4,19(14)11-21(28)31-5)18-6-8-26(3,25(30)16-7-9-32-13-16)20-12-22(29)33-24(17)23(18)20/h7,9,13-15,17-20,23-24H,6,8,10-12H2,1-5H3/t14?,15?,17?,18?,19-,20?,23?,24+,26+,27+/m0/s1. The summed E-state index contributed by atoms with van der Waals surface area (Å²) in [6, 6.07) is 1.73. The average Bonchev–Trinajstić information content (AvgIpc) is 3.32. The Kier molecular flexibility index (Phi) is 5.30. The molecule has 3 aliphatic carbocycles. The number of methoxy groups -OCH3 is 1. The SMILES string of the molecule is COC(=O)C[C@H]1C(C)CC2C(C)[C@]1(C)C1CC[C@@](C)(C(=O)c3ccoc3)C3CC(=O)O[C@H]2C13. The largest absolute Gasteiger partial charge is 0.472 e. The maximum absolute atomic E-state index is 13.7. The summed E-state index contributed by atoms with van der Waals surface area (Å²) >= 11 is 0. The minimum atomic E-state index is -0.628. The van der Waals surface area contributed by atoms with Crippen molar-refractivity contribution in [2.24, 2.45) is 52.3 Å². The highest BCUT2D eigenvalue weighted by Gasteiger charge is 2.69. The Morgan fingerprint density at radius 3 is 2.64 bits per heavy atom. The van der Waals surface area contributed by atoms with Crippen molar-refractivity contribution < 1.29 is 28.3 Å². The first kappa shape index (κ1) is 22.7. The molecule has 1 saturated heterocycles. The predicted molar refractivity (Wildman–Crippen MR) is 120 cm³/mol. The van der Waals surface area contributed by atoms with Gasteiger partial charge in [-0.15, -0.1) is 0 Å². The fourth-order valence-electron chi connectivity index (χ4n) is 8.84. The molecule has 6 heteroatoms. The van der Waals surface area contributed by atoms with Gasteiger partial charge in [-0.2, -0.15) is 0 Å². The second kappa shape index (κ2) is 7.71. The molecule has 0 N–H and O–H groups in total. The van der Waals surface area contributed by atoms with Crippen LogP contribution in [0.15, 0.2) is 23.0 Å². The van der Waals surface area contributed by atoms with Crippen LogP contribution in [0.25, 0.3) is 0 Å². The van der Waals surface area contributed by atoms with Crippen molar-refractivity contribution in [3.05, 3.63) is 24.2 Å². The van der Waals surface area contributed by atoms with Crippen LogP contribution >= 0.6 is 0 Å². The first-order chi connectivity index (χ1) is 15.6. The van der Waals surface area contributed by atoms with Crippen molar-refractivity contribution in [3.8, 4) is 0 Å². The normalized spacial score (nSPS) is 46.2. The van der Waals surface area contributed by atoms with Gasteiger partial charge in [0.05, 0.1) is 18.9 Å². The molecule has 2 heterocycles. The van der Waals surface area contributed by atoms with Crippen molar-refractivity contribution in [1.29, 1.82) is 0 Å². The molecule has 5 rings (SSSR count). The number of Topliss-reactive ketones (excluding diaryl/α,β-unsaturated/α-hetero) is 1. The summed E-state index contributed by atoms with van der Waals surface area (Å²) in [6.07, 6.45) is 6.17. The van der Waals surface area contributed by atoms with E-state index >= 15 is 0 Å². The van der Waals surface area contributed by atoms with E-state index in [1.807, 2.05) is 6.92 Å². The Morgan fingerprint density at radius 2 is 1.97 bits per heavy atom. The molecule has 3 saturated carbocycles. The molecule has 4 aliphatic rings. The summed E-state index contributed by atoms with van der Waals surface area (Å²) in [6.45, 7) is 8.94. The quantitative estimate of drug-likeness (QED) is 0.472. The molecule has 1 aliphatic heterocycles. The maximum Gasteiger partial charge on any atom is 0.306 e. The number of ketones is 1. The number of ether oxygens (including phenoxy) is 2. The third-order valence-corrected chi connectivity index (χ3v) is 10.6. The Morgan fingerprint density at radius 1 is 1.21 bits per heavy atom. The zero-order valence-corrected chi connectivity index (χ0v) is 20.3. The number of esters is 2. The van der Waals surface area contributed by atoms with Gasteiger partial charge in [0.1, 0.15) is 12.4 Å². The van der Waals surface area contributed by atoms with Crippen LogP contribution in [0.2, 0.25) is 0 Å². The molecular formula is C27H36O6. The number of hydrogen-bond donors (Lipinski definition) is 0. The maximum atomic E-state index is 13.7. The van der Waals surface area contributed by atoms with Gasteiger partial charge >= 0.3 is 11.9 Å². The van der Waals surface area contributed by atoms with E-state index in [0.717, 1.165) is 19.3 Å². The zero-order chi connectivity index (χ0) is 23.7. The van der Waals surface area contributed by atoms with E-state index in [4.69, 9.17) is 13.9 Å². The van der Waals surface area contributed by atoms with Gasteiger partial charge in [-0.25, -0.2) is 0 Å². The van der Waals surface area contributed by atoms with E-state index < -0.39 is 5.41 Å². The van der Waals surface area contributed by atoms with Crippen LogP contribution in [-0.2, 0) is 19.1 Å². The lowest BCUT2D eigenvalue weighted by atomic mass is 9.37. The number of carbonyl (C=O) groups is 3. The lowest BCUT2D eigenvalue weighted by Crippen LogP contribution is -2.68. The summed E-state index contributed by atoms with van der Waals surface area (Å²) in [7, 11) is 1.46. The second-order valence-electron chi connectivity index (χ2n) is 11.7. The van der Waals surface area contributed by atoms with Crippen LogP contribution < -0.4 is 0 Å². The van der Waals surface area contributed by atoms with Gasteiger partial charge < -0.3 is 13.9 Å². The summed E-state index contributed by atoms with van der Waals surface area (Å²) in [5, 5.41) is 0. The smallest absolute Gasteiger partial charge is 0.306 e. The van der Waals surface area contributed by atoms with Gasteiger partial charge in [0.2, 0.25) is 0 Å². The summed E-state index contributed by atoms with van der Waals surface area (Å²) in [5.74, 6) is 1.26. The molecule has 0 amide bonds. The first-order valence-electron chi connectivity index (χ1n) is 12.5. The van der Waals surface area contributed by atoms with Crippen molar-refractivity contribution in [3.63, 3.8) is 0 Å². The molecule has 0 spiro atoms. The van der Waals surface area contributed by atoms with E-state index in [1.165, 1.54) is 19.6 Å². The molecule has 1 aromatic rings. The zero-order valence-electron chi connectivity index (χ0n) is 20.3. The first-order valence-corrected chi connectivity index (χ1v) is 12.5. The predicted octanol–water partition coefficient (Wildman–Crippen LogP) is 4.92. The van der Waals surface area contributed by atoms with Crippen molar-refractivity contribution >= 4 is 17.7 Å². The van der Waals surface area contributed by atoms with Crippen LogP contribution in [0.3, 0.4) is 0 Å². The Hall–Kier alpha value is -2.11. The van der Waals surface area contributed by atoms with Gasteiger partial charge in [0.15, 0.2) is 5.78 Å². The topological polar surface area (TPSA) is 82.8 Å². The van der Waals surface area contributed by atoms with Crippen LogP contribution in [0.1, 0.15) is 70.2 Å². The number of hydrogen-bond acceptors (Lipinski definition) is 6. The number of carbonyl (C=O) groups excluding carboxylic acids is 3. The third-order valence-electron chi connectivity index (χ3n) is 10.6. The monoisotopic (exact) mass is 456 g/mol. The molecule has 1 aromatic heterocycles. The highest BCUT2D eigenvalue weighted by atomic mass is 16.5. The van der Waals surface area contributed by atoms with Crippen molar-refractivity contribution in [2.45, 2.75) is 65.9 Å². The van der Waals surface area contributed by atoms with Gasteiger partial charge in [-0.1, -0.05) is 27.7 Å². The Labute approximate surface area is 195 Å². The highest BCUT2D eigenvalue weighted by Crippen LogP contribution is 2.69. The fourth-order valence-corrected chi connectivity index (χ4v) is 8.84. The number of furan rings is 1. The Balaban J connectivity index is 1.58. The molecule has 0 aromatic carbocycles. The molecule has 33 heavy (non-hydrogen) atoms. The van der Waals surface area contributed by atoms with E-state index in [2.05, 4.69) is 20.8 Å².